The number of para-hydroxylation sites is 1. The van der Waals surface area contributed by atoms with Gasteiger partial charge in [-0.1, -0.05) is 60.7 Å². The first-order valence-electron chi connectivity index (χ1n) is 9.04. The Hall–Kier alpha value is -3.92. The summed E-state index contributed by atoms with van der Waals surface area (Å²) in [5.41, 5.74) is 3.54. The minimum Gasteiger partial charge on any atom is -0.436 e. The van der Waals surface area contributed by atoms with Crippen molar-refractivity contribution in [2.24, 2.45) is 0 Å². The number of carbonyl (C=O) groups is 1. The third kappa shape index (κ3) is 2.81. The van der Waals surface area contributed by atoms with E-state index in [0.29, 0.717) is 17.1 Å². The molecule has 5 rings (SSSR count). The van der Waals surface area contributed by atoms with Crippen LogP contribution in [0.25, 0.3) is 33.3 Å². The maximum absolute atomic E-state index is 12.6. The molecule has 1 aromatic heterocycles. The molecule has 28 heavy (non-hydrogen) atoms. The number of nitrogens with zero attached hydrogens (tertiary/aromatic N) is 1. The zero-order valence-electron chi connectivity index (χ0n) is 14.9. The molecule has 0 aliphatic carbocycles. The fourth-order valence-corrected chi connectivity index (χ4v) is 3.34. The maximum Gasteiger partial charge on any atom is 0.255 e. The van der Waals surface area contributed by atoms with E-state index in [-0.39, 0.29) is 5.91 Å². The van der Waals surface area contributed by atoms with Crippen LogP contribution in [-0.2, 0) is 0 Å². The molecular weight excluding hydrogens is 348 g/mol. The Bertz CT molecular complexity index is 1310. The zero-order valence-corrected chi connectivity index (χ0v) is 14.9. The van der Waals surface area contributed by atoms with Crippen LogP contribution in [0.15, 0.2) is 95.4 Å². The monoisotopic (exact) mass is 364 g/mol. The van der Waals surface area contributed by atoms with E-state index in [1.165, 1.54) is 0 Å². The summed E-state index contributed by atoms with van der Waals surface area (Å²) in [6.07, 6.45) is 0. The molecule has 4 heteroatoms. The van der Waals surface area contributed by atoms with Crippen LogP contribution < -0.4 is 5.32 Å². The SMILES string of the molecule is O=C(Nc1ccccc1-c1nc2c(ccc3ccccc32)o1)c1ccccc1. The molecule has 4 nitrogen and oxygen atoms in total. The van der Waals surface area contributed by atoms with Gasteiger partial charge in [-0.2, -0.15) is 0 Å². The summed E-state index contributed by atoms with van der Waals surface area (Å²) in [5, 5.41) is 5.12. The average Bonchev–Trinajstić information content (AvgIpc) is 3.19. The lowest BCUT2D eigenvalue weighted by atomic mass is 10.1. The summed E-state index contributed by atoms with van der Waals surface area (Å²) in [6, 6.07) is 28.7. The molecule has 0 unspecified atom stereocenters. The summed E-state index contributed by atoms with van der Waals surface area (Å²) in [4.78, 5) is 17.3. The predicted molar refractivity (Wildman–Crippen MR) is 111 cm³/mol. The number of fused-ring (bicyclic) bond motifs is 3. The highest BCUT2D eigenvalue weighted by atomic mass is 16.3. The topological polar surface area (TPSA) is 55.1 Å². The summed E-state index contributed by atoms with van der Waals surface area (Å²) in [6.45, 7) is 0. The predicted octanol–water partition coefficient (Wildman–Crippen LogP) is 5.90. The molecule has 0 saturated heterocycles. The lowest BCUT2D eigenvalue weighted by molar-refractivity contribution is 0.102. The number of hydrogen-bond donors (Lipinski definition) is 1. The van der Waals surface area contributed by atoms with Gasteiger partial charge in [-0.05, 0) is 35.7 Å². The van der Waals surface area contributed by atoms with Crippen LogP contribution in [-0.4, -0.2) is 10.9 Å². The molecule has 0 aliphatic rings. The van der Waals surface area contributed by atoms with Gasteiger partial charge in [0.2, 0.25) is 5.89 Å². The van der Waals surface area contributed by atoms with E-state index in [9.17, 15) is 4.79 Å². The molecule has 5 aromatic rings. The lowest BCUT2D eigenvalue weighted by Crippen LogP contribution is -2.12. The second-order valence-electron chi connectivity index (χ2n) is 6.52. The first-order chi connectivity index (χ1) is 13.8. The van der Waals surface area contributed by atoms with Gasteiger partial charge in [-0.25, -0.2) is 4.98 Å². The molecule has 0 fully saturated rings. The molecule has 0 atom stereocenters. The third-order valence-electron chi connectivity index (χ3n) is 4.73. The molecule has 0 aliphatic heterocycles. The van der Waals surface area contributed by atoms with Crippen molar-refractivity contribution in [2.75, 3.05) is 5.32 Å². The Balaban J connectivity index is 1.59. The van der Waals surface area contributed by atoms with Gasteiger partial charge >= 0.3 is 0 Å². The van der Waals surface area contributed by atoms with Gasteiger partial charge in [-0.3, -0.25) is 4.79 Å². The van der Waals surface area contributed by atoms with Crippen molar-refractivity contribution in [1.82, 2.24) is 4.98 Å². The van der Waals surface area contributed by atoms with E-state index in [1.54, 1.807) is 12.1 Å². The van der Waals surface area contributed by atoms with E-state index >= 15 is 0 Å². The van der Waals surface area contributed by atoms with Crippen LogP contribution in [0, 0.1) is 0 Å². The second-order valence-corrected chi connectivity index (χ2v) is 6.52. The maximum atomic E-state index is 12.6. The molecule has 0 radical (unpaired) electrons. The molecule has 1 amide bonds. The standard InChI is InChI=1S/C24H16N2O2/c27-23(17-9-2-1-3-10-17)25-20-13-7-6-12-19(20)24-26-22-18-11-5-4-8-16(18)14-15-21(22)28-24/h1-15H,(H,25,27). The van der Waals surface area contributed by atoms with Crippen LogP contribution in [0.3, 0.4) is 0 Å². The van der Waals surface area contributed by atoms with E-state index in [4.69, 9.17) is 9.40 Å². The fraction of sp³-hybridized carbons (Fsp3) is 0. The van der Waals surface area contributed by atoms with Crippen LogP contribution in [0.5, 0.6) is 0 Å². The number of carbonyl (C=O) groups excluding carboxylic acids is 1. The number of hydrogen-bond acceptors (Lipinski definition) is 3. The van der Waals surface area contributed by atoms with E-state index in [0.717, 1.165) is 27.4 Å². The van der Waals surface area contributed by atoms with Crippen molar-refractivity contribution in [3.63, 3.8) is 0 Å². The Morgan fingerprint density at radius 2 is 1.54 bits per heavy atom. The van der Waals surface area contributed by atoms with Crippen molar-refractivity contribution in [1.29, 1.82) is 0 Å². The molecule has 0 saturated carbocycles. The smallest absolute Gasteiger partial charge is 0.255 e. The summed E-state index contributed by atoms with van der Waals surface area (Å²) < 4.78 is 6.03. The number of anilines is 1. The number of oxazole rings is 1. The Kier molecular flexibility index (Phi) is 3.87. The van der Waals surface area contributed by atoms with Gasteiger partial charge in [0, 0.05) is 10.9 Å². The minimum absolute atomic E-state index is 0.172. The first kappa shape index (κ1) is 16.3. The Morgan fingerprint density at radius 1 is 0.786 bits per heavy atom. The number of aromatic nitrogens is 1. The van der Waals surface area contributed by atoms with Crippen LogP contribution in [0.4, 0.5) is 5.69 Å². The van der Waals surface area contributed by atoms with Crippen LogP contribution in [0.1, 0.15) is 10.4 Å². The van der Waals surface area contributed by atoms with Crippen molar-refractivity contribution in [2.45, 2.75) is 0 Å². The van der Waals surface area contributed by atoms with Gasteiger partial charge in [0.15, 0.2) is 5.58 Å². The fourth-order valence-electron chi connectivity index (χ4n) is 3.34. The second kappa shape index (κ2) is 6.67. The Morgan fingerprint density at radius 3 is 2.43 bits per heavy atom. The van der Waals surface area contributed by atoms with Gasteiger partial charge in [0.05, 0.1) is 11.3 Å². The van der Waals surface area contributed by atoms with Crippen molar-refractivity contribution in [3.8, 4) is 11.5 Å². The first-order valence-corrected chi connectivity index (χ1v) is 9.04. The van der Waals surface area contributed by atoms with Gasteiger partial charge < -0.3 is 9.73 Å². The molecular formula is C24H16N2O2. The van der Waals surface area contributed by atoms with Crippen molar-refractivity contribution >= 4 is 33.5 Å². The largest absolute Gasteiger partial charge is 0.436 e. The molecule has 134 valence electrons. The van der Waals surface area contributed by atoms with E-state index in [1.807, 2.05) is 72.8 Å². The molecule has 0 spiro atoms. The number of nitrogens with one attached hydrogen (secondary N) is 1. The number of benzene rings is 4. The number of amides is 1. The minimum atomic E-state index is -0.172. The average molecular weight is 364 g/mol. The van der Waals surface area contributed by atoms with E-state index < -0.39 is 0 Å². The third-order valence-corrected chi connectivity index (χ3v) is 4.73. The van der Waals surface area contributed by atoms with Gasteiger partial charge in [0.1, 0.15) is 5.52 Å². The summed E-state index contributed by atoms with van der Waals surface area (Å²) >= 11 is 0. The van der Waals surface area contributed by atoms with Gasteiger partial charge in [-0.15, -0.1) is 0 Å². The van der Waals surface area contributed by atoms with E-state index in [2.05, 4.69) is 11.4 Å². The molecule has 0 bridgehead atoms. The Labute approximate surface area is 161 Å². The van der Waals surface area contributed by atoms with Crippen LogP contribution >= 0.6 is 0 Å². The summed E-state index contributed by atoms with van der Waals surface area (Å²) in [7, 11) is 0. The highest BCUT2D eigenvalue weighted by molar-refractivity contribution is 6.07. The quantitative estimate of drug-likeness (QED) is 0.433. The zero-order chi connectivity index (χ0) is 18.9. The molecule has 1 N–H and O–H groups in total. The highest BCUT2D eigenvalue weighted by Crippen LogP contribution is 2.33. The highest BCUT2D eigenvalue weighted by Gasteiger charge is 2.15. The van der Waals surface area contributed by atoms with Crippen LogP contribution in [0.2, 0.25) is 0 Å². The van der Waals surface area contributed by atoms with Crippen molar-refractivity contribution < 1.29 is 9.21 Å². The van der Waals surface area contributed by atoms with Crippen molar-refractivity contribution in [3.05, 3.63) is 96.6 Å². The molecule has 1 heterocycles. The molecule has 4 aromatic carbocycles. The number of rotatable bonds is 3. The lowest BCUT2D eigenvalue weighted by Gasteiger charge is -2.08. The van der Waals surface area contributed by atoms with Gasteiger partial charge in [0.25, 0.3) is 5.91 Å². The normalized spacial score (nSPS) is 11.0. The summed E-state index contributed by atoms with van der Waals surface area (Å²) in [5.74, 6) is 0.310.